The minimum absolute atomic E-state index is 0.0610. The third kappa shape index (κ3) is 3.18. The molecule has 8 heteroatoms. The van der Waals surface area contributed by atoms with E-state index in [1.54, 1.807) is 6.20 Å². The molecule has 26 heavy (non-hydrogen) atoms. The second-order valence-electron chi connectivity index (χ2n) is 7.14. The van der Waals surface area contributed by atoms with E-state index in [0.717, 1.165) is 37.7 Å². The molecule has 0 radical (unpaired) electrons. The summed E-state index contributed by atoms with van der Waals surface area (Å²) in [7, 11) is 1.92. The van der Waals surface area contributed by atoms with E-state index < -0.39 is 11.7 Å². The molecule has 0 saturated carbocycles. The zero-order chi connectivity index (χ0) is 18.3. The normalized spacial score (nSPS) is 24.1. The predicted octanol–water partition coefficient (Wildman–Crippen LogP) is 2.93. The van der Waals surface area contributed by atoms with E-state index in [9.17, 15) is 13.2 Å². The number of alkyl halides is 3. The fourth-order valence-electron chi connectivity index (χ4n) is 4.25. The van der Waals surface area contributed by atoms with Crippen molar-refractivity contribution < 1.29 is 13.2 Å². The Hall–Kier alpha value is -2.09. The van der Waals surface area contributed by atoms with Gasteiger partial charge in [0.15, 0.2) is 0 Å². The highest BCUT2D eigenvalue weighted by Crippen LogP contribution is 2.39. The lowest BCUT2D eigenvalue weighted by Crippen LogP contribution is -2.48. The van der Waals surface area contributed by atoms with Crippen molar-refractivity contribution in [2.45, 2.75) is 31.6 Å². The van der Waals surface area contributed by atoms with Gasteiger partial charge in [0.2, 0.25) is 0 Å². The summed E-state index contributed by atoms with van der Waals surface area (Å²) in [6, 6.07) is 4.72. The van der Waals surface area contributed by atoms with Crippen LogP contribution in [0.3, 0.4) is 0 Å². The van der Waals surface area contributed by atoms with Gasteiger partial charge in [0.25, 0.3) is 0 Å². The summed E-state index contributed by atoms with van der Waals surface area (Å²) < 4.78 is 41.9. The molecule has 2 atom stereocenters. The van der Waals surface area contributed by atoms with Gasteiger partial charge in [-0.1, -0.05) is 0 Å². The zero-order valence-electron chi connectivity index (χ0n) is 14.7. The minimum atomic E-state index is -4.38. The van der Waals surface area contributed by atoms with Crippen LogP contribution in [-0.4, -0.2) is 45.3 Å². The fourth-order valence-corrected chi connectivity index (χ4v) is 4.25. The number of likely N-dealkylation sites (tertiary alicyclic amines) is 1. The van der Waals surface area contributed by atoms with Crippen LogP contribution in [-0.2, 0) is 19.8 Å². The highest BCUT2D eigenvalue weighted by Gasteiger charge is 2.41. The molecule has 2 unspecified atom stereocenters. The lowest BCUT2D eigenvalue weighted by Gasteiger charge is -2.39. The maximum atomic E-state index is 13.4. The molecule has 2 fully saturated rings. The highest BCUT2D eigenvalue weighted by molar-refractivity contribution is 5.49. The predicted molar refractivity (Wildman–Crippen MR) is 91.6 cm³/mol. The average Bonchev–Trinajstić information content (AvgIpc) is 3.21. The van der Waals surface area contributed by atoms with Crippen molar-refractivity contribution >= 4 is 5.82 Å². The topological polar surface area (TPSA) is 37.2 Å². The molecule has 0 aliphatic carbocycles. The summed E-state index contributed by atoms with van der Waals surface area (Å²) in [4.78, 5) is 8.26. The quantitative estimate of drug-likeness (QED) is 0.838. The molecule has 140 valence electrons. The molecular weight excluding hydrogens is 343 g/mol. The number of hydrogen-bond acceptors (Lipinski definition) is 4. The van der Waals surface area contributed by atoms with E-state index in [2.05, 4.69) is 15.0 Å². The molecule has 4 heterocycles. The summed E-state index contributed by atoms with van der Waals surface area (Å²) in [5.74, 6) is 0.600. The van der Waals surface area contributed by atoms with Crippen molar-refractivity contribution in [2.75, 3.05) is 24.5 Å². The molecular formula is C18H22F3N5. The number of nitrogens with zero attached hydrogens (tertiary/aromatic N) is 5. The van der Waals surface area contributed by atoms with Gasteiger partial charge < -0.3 is 4.90 Å². The van der Waals surface area contributed by atoms with Crippen LogP contribution in [0.5, 0.6) is 0 Å². The van der Waals surface area contributed by atoms with Crippen molar-refractivity contribution in [3.05, 3.63) is 41.9 Å². The van der Waals surface area contributed by atoms with E-state index in [4.69, 9.17) is 0 Å². The van der Waals surface area contributed by atoms with Gasteiger partial charge in [0.1, 0.15) is 5.82 Å². The molecule has 0 amide bonds. The average molecular weight is 365 g/mol. The van der Waals surface area contributed by atoms with Gasteiger partial charge in [-0.05, 0) is 43.5 Å². The Labute approximate surface area is 150 Å². The Morgan fingerprint density at radius 1 is 1.15 bits per heavy atom. The Morgan fingerprint density at radius 2 is 1.96 bits per heavy atom. The third-order valence-corrected chi connectivity index (χ3v) is 5.66. The van der Waals surface area contributed by atoms with Gasteiger partial charge >= 0.3 is 6.18 Å². The maximum Gasteiger partial charge on any atom is 0.419 e. The molecule has 0 spiro atoms. The molecule has 0 aromatic carbocycles. The van der Waals surface area contributed by atoms with E-state index in [-0.39, 0.29) is 11.9 Å². The van der Waals surface area contributed by atoms with E-state index in [0.29, 0.717) is 19.0 Å². The van der Waals surface area contributed by atoms with Gasteiger partial charge in [-0.2, -0.15) is 18.3 Å². The van der Waals surface area contributed by atoms with Crippen LogP contribution in [0.1, 0.15) is 24.1 Å². The third-order valence-electron chi connectivity index (χ3n) is 5.66. The molecule has 2 aromatic heterocycles. The highest BCUT2D eigenvalue weighted by atomic mass is 19.4. The Bertz CT molecular complexity index is 772. The summed E-state index contributed by atoms with van der Waals surface area (Å²) in [5.41, 5.74) is 0.478. The summed E-state index contributed by atoms with van der Waals surface area (Å²) in [6.07, 6.45) is 0.841. The van der Waals surface area contributed by atoms with Crippen LogP contribution in [0.15, 0.2) is 30.6 Å². The molecule has 0 N–H and O–H groups in total. The monoisotopic (exact) mass is 365 g/mol. The molecule has 2 aromatic rings. The first kappa shape index (κ1) is 17.3. The van der Waals surface area contributed by atoms with Crippen molar-refractivity contribution in [3.63, 3.8) is 0 Å². The first-order valence-corrected chi connectivity index (χ1v) is 8.91. The number of rotatable bonds is 3. The number of halogens is 3. The van der Waals surface area contributed by atoms with Crippen molar-refractivity contribution in [1.29, 1.82) is 0 Å². The molecule has 4 rings (SSSR count). The molecule has 2 aliphatic heterocycles. The number of aromatic nitrogens is 3. The number of anilines is 1. The molecule has 2 aliphatic rings. The summed E-state index contributed by atoms with van der Waals surface area (Å²) in [5, 5.41) is 4.21. The van der Waals surface area contributed by atoms with Crippen LogP contribution in [0, 0.1) is 5.92 Å². The first-order valence-electron chi connectivity index (χ1n) is 8.91. The summed E-state index contributed by atoms with van der Waals surface area (Å²) >= 11 is 0. The molecule has 5 nitrogen and oxygen atoms in total. The number of piperidine rings is 1. The zero-order valence-corrected chi connectivity index (χ0v) is 14.7. The van der Waals surface area contributed by atoms with Gasteiger partial charge in [-0.15, -0.1) is 0 Å². The number of fused-ring (bicyclic) bond motifs is 1. The maximum absolute atomic E-state index is 13.4. The van der Waals surface area contributed by atoms with Crippen LogP contribution in [0.25, 0.3) is 0 Å². The van der Waals surface area contributed by atoms with Crippen molar-refractivity contribution in [2.24, 2.45) is 13.0 Å². The number of aryl methyl sites for hydroxylation is 1. The van der Waals surface area contributed by atoms with Crippen LogP contribution in [0.2, 0.25) is 0 Å². The second-order valence-corrected chi connectivity index (χ2v) is 7.14. The van der Waals surface area contributed by atoms with Gasteiger partial charge in [-0.3, -0.25) is 9.58 Å². The van der Waals surface area contributed by atoms with Gasteiger partial charge in [0.05, 0.1) is 11.3 Å². The van der Waals surface area contributed by atoms with Gasteiger partial charge in [-0.25, -0.2) is 4.98 Å². The van der Waals surface area contributed by atoms with Crippen molar-refractivity contribution in [3.8, 4) is 0 Å². The first-order chi connectivity index (χ1) is 12.4. The lowest BCUT2D eigenvalue weighted by atomic mass is 9.92. The summed E-state index contributed by atoms with van der Waals surface area (Å²) in [6.45, 7) is 2.96. The molecule has 2 saturated heterocycles. The lowest BCUT2D eigenvalue weighted by molar-refractivity contribution is -0.137. The van der Waals surface area contributed by atoms with E-state index in [1.807, 2.05) is 22.7 Å². The second kappa shape index (κ2) is 6.57. The van der Waals surface area contributed by atoms with Gasteiger partial charge in [0, 0.05) is 45.1 Å². The fraction of sp³-hybridized carbons (Fsp3) is 0.556. The van der Waals surface area contributed by atoms with Crippen LogP contribution in [0.4, 0.5) is 19.0 Å². The SMILES string of the molecule is Cn1nccc1CN1CCC2CCN(c3ncccc3C(F)(F)F)CC21. The number of pyridine rings is 1. The van der Waals surface area contributed by atoms with Crippen LogP contribution >= 0.6 is 0 Å². The molecule has 0 bridgehead atoms. The minimum Gasteiger partial charge on any atom is -0.355 e. The standard InChI is InChI=1S/C18H22F3N5/c1-24-14(4-8-23-24)11-25-9-5-13-6-10-26(12-16(13)25)17-15(18(19,20)21)3-2-7-22-17/h2-4,7-8,13,16H,5-6,9-12H2,1H3. The number of hydrogen-bond donors (Lipinski definition) is 0. The van der Waals surface area contributed by atoms with E-state index in [1.165, 1.54) is 12.3 Å². The van der Waals surface area contributed by atoms with E-state index >= 15 is 0 Å². The van der Waals surface area contributed by atoms with Crippen LogP contribution < -0.4 is 4.90 Å². The Kier molecular flexibility index (Phi) is 4.38. The Balaban J connectivity index is 1.55. The van der Waals surface area contributed by atoms with Crippen molar-refractivity contribution in [1.82, 2.24) is 19.7 Å². The Morgan fingerprint density at radius 3 is 2.69 bits per heavy atom. The largest absolute Gasteiger partial charge is 0.419 e. The smallest absolute Gasteiger partial charge is 0.355 e.